The maximum Gasteiger partial charge on any atom is 0.230 e. The van der Waals surface area contributed by atoms with Crippen molar-refractivity contribution in [1.82, 2.24) is 9.80 Å². The largest absolute Gasteiger partial charge is 0.486 e. The van der Waals surface area contributed by atoms with E-state index in [0.29, 0.717) is 36.8 Å². The zero-order chi connectivity index (χ0) is 18.1. The number of ether oxygens (including phenoxy) is 2. The lowest BCUT2D eigenvalue weighted by atomic mass is 9.99. The van der Waals surface area contributed by atoms with Crippen molar-refractivity contribution in [2.24, 2.45) is 0 Å². The van der Waals surface area contributed by atoms with Gasteiger partial charge in [-0.25, -0.2) is 0 Å². The Kier molecular flexibility index (Phi) is 6.01. The zero-order valence-electron chi connectivity index (χ0n) is 14.7. The fraction of sp³-hybridized carbons (Fsp3) is 0.600. The van der Waals surface area contributed by atoms with Crippen LogP contribution in [0, 0.1) is 0 Å². The summed E-state index contributed by atoms with van der Waals surface area (Å²) in [6.45, 7) is 3.32. The fourth-order valence-electron chi connectivity index (χ4n) is 3.98. The molecule has 3 heterocycles. The second-order valence-electron chi connectivity index (χ2n) is 7.08. The van der Waals surface area contributed by atoms with Crippen molar-refractivity contribution in [3.05, 3.63) is 23.8 Å². The monoisotopic (exact) mass is 380 g/mol. The van der Waals surface area contributed by atoms with Crippen LogP contribution in [0.25, 0.3) is 0 Å². The SMILES string of the molecule is C.O=C1CCC(=O)N1[C@H](CN1CCCC1)[C@H](O)c1ccc2c(c1)OCCO2.[HH].[HH]. The van der Waals surface area contributed by atoms with Gasteiger partial charge in [0.05, 0.1) is 6.04 Å². The maximum atomic E-state index is 12.3. The lowest BCUT2D eigenvalue weighted by molar-refractivity contribution is -0.144. The summed E-state index contributed by atoms with van der Waals surface area (Å²) in [6.07, 6.45) is 1.70. The number of nitrogens with zero attached hydrogens (tertiary/aromatic N) is 2. The van der Waals surface area contributed by atoms with Crippen LogP contribution in [0.5, 0.6) is 11.5 Å². The number of benzene rings is 1. The summed E-state index contributed by atoms with van der Waals surface area (Å²) < 4.78 is 11.1. The van der Waals surface area contributed by atoms with Gasteiger partial charge in [-0.05, 0) is 43.6 Å². The summed E-state index contributed by atoms with van der Waals surface area (Å²) in [5, 5.41) is 11.1. The summed E-state index contributed by atoms with van der Waals surface area (Å²) in [6, 6.07) is 4.72. The Balaban J connectivity index is 0.00000140. The van der Waals surface area contributed by atoms with Gasteiger partial charge in [-0.3, -0.25) is 14.5 Å². The minimum atomic E-state index is -0.961. The molecule has 1 aromatic rings. The summed E-state index contributed by atoms with van der Waals surface area (Å²) in [5.41, 5.74) is 0.631. The van der Waals surface area contributed by atoms with Crippen molar-refractivity contribution >= 4 is 11.8 Å². The third kappa shape index (κ3) is 3.94. The molecule has 0 radical (unpaired) electrons. The Morgan fingerprint density at radius 2 is 1.67 bits per heavy atom. The van der Waals surface area contributed by atoms with Gasteiger partial charge < -0.3 is 19.5 Å². The fourth-order valence-corrected chi connectivity index (χ4v) is 3.98. The number of hydrogen-bond donors (Lipinski definition) is 1. The van der Waals surface area contributed by atoms with Gasteiger partial charge in [-0.1, -0.05) is 13.5 Å². The van der Waals surface area contributed by atoms with Crippen LogP contribution in [0.4, 0.5) is 0 Å². The normalized spacial score (nSPS) is 21.9. The van der Waals surface area contributed by atoms with Crippen LogP contribution in [0.2, 0.25) is 0 Å². The predicted octanol–water partition coefficient (Wildman–Crippen LogP) is 2.23. The highest BCUT2D eigenvalue weighted by molar-refractivity contribution is 6.02. The standard InChI is InChI=1S/C19H24N2O5.CH4.2H2/c22-17-5-6-18(23)21(17)14(12-20-7-1-2-8-20)19(24)13-3-4-15-16(11-13)26-10-9-25-15;;;/h3-4,11,14,19,24H,1-2,5-10,12H2;1H4;2*1H/t14-,19-;;;/m1.../s1. The van der Waals surface area contributed by atoms with E-state index in [1.807, 2.05) is 0 Å². The molecule has 3 aliphatic heterocycles. The first-order valence-electron chi connectivity index (χ1n) is 9.28. The van der Waals surface area contributed by atoms with Crippen molar-refractivity contribution in [1.29, 1.82) is 0 Å². The molecule has 7 heteroatoms. The Bertz CT molecular complexity index is 696. The molecule has 1 N–H and O–H groups in total. The highest BCUT2D eigenvalue weighted by atomic mass is 16.6. The zero-order valence-corrected chi connectivity index (χ0v) is 14.7. The number of likely N-dealkylation sites (tertiary alicyclic amines) is 2. The molecule has 27 heavy (non-hydrogen) atoms. The third-order valence-corrected chi connectivity index (χ3v) is 5.34. The molecular formula is C20H32N2O5. The lowest BCUT2D eigenvalue weighted by Crippen LogP contribution is -2.49. The van der Waals surface area contributed by atoms with E-state index >= 15 is 0 Å². The summed E-state index contributed by atoms with van der Waals surface area (Å²) in [4.78, 5) is 28.1. The molecule has 0 spiro atoms. The maximum absolute atomic E-state index is 12.3. The summed E-state index contributed by atoms with van der Waals surface area (Å²) in [5.74, 6) is 0.843. The number of hydrogen-bond acceptors (Lipinski definition) is 6. The highest BCUT2D eigenvalue weighted by Gasteiger charge is 2.40. The van der Waals surface area contributed by atoms with Gasteiger partial charge in [0, 0.05) is 22.2 Å². The van der Waals surface area contributed by atoms with E-state index in [0.717, 1.165) is 25.9 Å². The minimum Gasteiger partial charge on any atom is -0.486 e. The number of carbonyl (C=O) groups is 2. The van der Waals surface area contributed by atoms with E-state index in [2.05, 4.69) is 4.90 Å². The van der Waals surface area contributed by atoms with E-state index in [1.165, 1.54) is 4.90 Å². The Morgan fingerprint density at radius 1 is 1.04 bits per heavy atom. The van der Waals surface area contributed by atoms with Crippen LogP contribution in [-0.4, -0.2) is 65.6 Å². The molecule has 3 aliphatic rings. The first kappa shape index (κ1) is 19.6. The molecule has 2 fully saturated rings. The van der Waals surface area contributed by atoms with Gasteiger partial charge in [0.15, 0.2) is 11.5 Å². The van der Waals surface area contributed by atoms with Crippen LogP contribution < -0.4 is 9.47 Å². The van der Waals surface area contributed by atoms with Crippen LogP contribution in [-0.2, 0) is 9.59 Å². The minimum absolute atomic E-state index is 0. The smallest absolute Gasteiger partial charge is 0.230 e. The first-order valence-corrected chi connectivity index (χ1v) is 9.28. The van der Waals surface area contributed by atoms with E-state index in [1.54, 1.807) is 18.2 Å². The number of fused-ring (bicyclic) bond motifs is 1. The molecule has 152 valence electrons. The molecule has 0 aliphatic carbocycles. The summed E-state index contributed by atoms with van der Waals surface area (Å²) in [7, 11) is 0. The van der Waals surface area contributed by atoms with Crippen LogP contribution in [0.15, 0.2) is 18.2 Å². The van der Waals surface area contributed by atoms with Crippen molar-refractivity contribution in [2.75, 3.05) is 32.8 Å². The first-order chi connectivity index (χ1) is 12.6. The second kappa shape index (κ2) is 8.27. The molecule has 4 rings (SSSR count). The molecule has 2 amide bonds. The number of aliphatic hydroxyl groups is 1. The molecule has 0 bridgehead atoms. The van der Waals surface area contributed by atoms with Gasteiger partial charge in [0.25, 0.3) is 0 Å². The van der Waals surface area contributed by atoms with E-state index < -0.39 is 12.1 Å². The molecular weight excluding hydrogens is 348 g/mol. The van der Waals surface area contributed by atoms with Crippen molar-refractivity contribution in [3.8, 4) is 11.5 Å². The second-order valence-corrected chi connectivity index (χ2v) is 7.08. The Labute approximate surface area is 162 Å². The van der Waals surface area contributed by atoms with E-state index in [9.17, 15) is 14.7 Å². The van der Waals surface area contributed by atoms with E-state index in [-0.39, 0.29) is 34.9 Å². The number of imide groups is 1. The molecule has 7 nitrogen and oxygen atoms in total. The van der Waals surface area contributed by atoms with Crippen molar-refractivity contribution in [2.45, 2.75) is 45.3 Å². The van der Waals surface area contributed by atoms with Crippen molar-refractivity contribution < 1.29 is 27.0 Å². The van der Waals surface area contributed by atoms with E-state index in [4.69, 9.17) is 9.47 Å². The van der Waals surface area contributed by atoms with Crippen LogP contribution >= 0.6 is 0 Å². The van der Waals surface area contributed by atoms with Gasteiger partial charge in [-0.2, -0.15) is 0 Å². The quantitative estimate of drug-likeness (QED) is 0.789. The Hall–Kier alpha value is -2.12. The number of carbonyl (C=O) groups excluding carboxylic acids is 2. The van der Waals surface area contributed by atoms with Crippen LogP contribution in [0.1, 0.15) is 47.6 Å². The molecule has 2 atom stereocenters. The molecule has 2 saturated heterocycles. The average molecular weight is 380 g/mol. The number of amides is 2. The predicted molar refractivity (Wildman–Crippen MR) is 104 cm³/mol. The number of rotatable bonds is 5. The van der Waals surface area contributed by atoms with Gasteiger partial charge in [-0.15, -0.1) is 0 Å². The molecule has 0 unspecified atom stereocenters. The molecule has 0 aromatic heterocycles. The Morgan fingerprint density at radius 3 is 2.33 bits per heavy atom. The third-order valence-electron chi connectivity index (χ3n) is 5.34. The summed E-state index contributed by atoms with van der Waals surface area (Å²) >= 11 is 0. The van der Waals surface area contributed by atoms with Gasteiger partial charge in [0.1, 0.15) is 19.3 Å². The molecule has 0 saturated carbocycles. The topological polar surface area (TPSA) is 79.3 Å². The van der Waals surface area contributed by atoms with Gasteiger partial charge in [0.2, 0.25) is 11.8 Å². The lowest BCUT2D eigenvalue weighted by Gasteiger charge is -2.34. The van der Waals surface area contributed by atoms with Crippen molar-refractivity contribution in [3.63, 3.8) is 0 Å². The van der Waals surface area contributed by atoms with Gasteiger partial charge >= 0.3 is 0 Å². The number of aliphatic hydroxyl groups excluding tert-OH is 1. The molecule has 1 aromatic carbocycles. The highest BCUT2D eigenvalue weighted by Crippen LogP contribution is 2.35. The van der Waals surface area contributed by atoms with Crippen LogP contribution in [0.3, 0.4) is 0 Å². The average Bonchev–Trinajstić information content (AvgIpc) is 3.29.